The summed E-state index contributed by atoms with van der Waals surface area (Å²) in [5.74, 6) is -0.270. The molecule has 2 aromatic rings. The van der Waals surface area contributed by atoms with Crippen molar-refractivity contribution in [2.75, 3.05) is 9.44 Å². The van der Waals surface area contributed by atoms with Gasteiger partial charge in [0.15, 0.2) is 0 Å². The summed E-state index contributed by atoms with van der Waals surface area (Å²) in [6.45, 7) is 0. The van der Waals surface area contributed by atoms with Crippen LogP contribution in [0.2, 0.25) is 0 Å². The maximum atomic E-state index is 11.8. The van der Waals surface area contributed by atoms with Gasteiger partial charge < -0.3 is 10.1 Å². The topological polar surface area (TPSA) is 144 Å². The predicted octanol–water partition coefficient (Wildman–Crippen LogP) is -0.462. The van der Waals surface area contributed by atoms with Gasteiger partial charge in [-0.3, -0.25) is 19.2 Å². The summed E-state index contributed by atoms with van der Waals surface area (Å²) in [7, 11) is -4.15. The fourth-order valence-electron chi connectivity index (χ4n) is 1.36. The summed E-state index contributed by atoms with van der Waals surface area (Å²) in [6.07, 6.45) is 0.922. The second-order valence-electron chi connectivity index (χ2n) is 3.71. The number of hydrogen-bond donors (Lipinski definition) is 5. The van der Waals surface area contributed by atoms with Gasteiger partial charge in [-0.15, -0.1) is 0 Å². The minimum Gasteiger partial charge on any atom is -0.506 e. The van der Waals surface area contributed by atoms with Crippen molar-refractivity contribution in [3.63, 3.8) is 0 Å². The third-order valence-corrected chi connectivity index (χ3v) is 3.19. The van der Waals surface area contributed by atoms with E-state index < -0.39 is 21.5 Å². The Morgan fingerprint density at radius 1 is 1.05 bits per heavy atom. The standard InChI is InChI=1S/C10H10N4O5S/c15-8-4-2-1-3-6(8)13-20(18,19)14-7-5-11-10(17)12-9(7)16/h1-5,13-15H,(H2,11,12,16,17). The fraction of sp³-hybridized carbons (Fsp3) is 0. The Hall–Kier alpha value is -2.75. The van der Waals surface area contributed by atoms with E-state index in [-0.39, 0.29) is 17.1 Å². The van der Waals surface area contributed by atoms with Crippen molar-refractivity contribution in [1.29, 1.82) is 0 Å². The van der Waals surface area contributed by atoms with E-state index in [2.05, 4.69) is 4.98 Å². The van der Waals surface area contributed by atoms with Crippen LogP contribution in [0.5, 0.6) is 5.75 Å². The molecule has 106 valence electrons. The van der Waals surface area contributed by atoms with E-state index in [9.17, 15) is 23.1 Å². The number of phenols is 1. The summed E-state index contributed by atoms with van der Waals surface area (Å²) >= 11 is 0. The van der Waals surface area contributed by atoms with Gasteiger partial charge in [-0.25, -0.2) is 4.79 Å². The lowest BCUT2D eigenvalue weighted by Gasteiger charge is -2.10. The monoisotopic (exact) mass is 298 g/mol. The highest BCUT2D eigenvalue weighted by Gasteiger charge is 2.14. The number of hydrogen-bond acceptors (Lipinski definition) is 5. The van der Waals surface area contributed by atoms with E-state index in [1.807, 2.05) is 14.4 Å². The number of anilines is 2. The molecule has 5 N–H and O–H groups in total. The van der Waals surface area contributed by atoms with E-state index in [0.29, 0.717) is 0 Å². The van der Waals surface area contributed by atoms with Gasteiger partial charge in [-0.1, -0.05) is 12.1 Å². The molecule has 1 heterocycles. The molecular weight excluding hydrogens is 288 g/mol. The van der Waals surface area contributed by atoms with Crippen LogP contribution in [0.25, 0.3) is 0 Å². The highest BCUT2D eigenvalue weighted by Crippen LogP contribution is 2.22. The molecule has 0 saturated heterocycles. The lowest BCUT2D eigenvalue weighted by molar-refractivity contribution is 0.477. The third kappa shape index (κ3) is 3.17. The SMILES string of the molecule is O=c1[nH]cc(NS(=O)(=O)Nc2ccccc2O)c(=O)[nH]1. The quantitative estimate of drug-likeness (QED) is 0.485. The van der Waals surface area contributed by atoms with Gasteiger partial charge in [0.2, 0.25) is 0 Å². The van der Waals surface area contributed by atoms with Crippen LogP contribution in [-0.4, -0.2) is 23.5 Å². The van der Waals surface area contributed by atoms with Crippen LogP contribution in [0.3, 0.4) is 0 Å². The molecule has 0 bridgehead atoms. The molecule has 0 radical (unpaired) electrons. The number of H-pyrrole nitrogens is 2. The van der Waals surface area contributed by atoms with Gasteiger partial charge >= 0.3 is 15.9 Å². The van der Waals surface area contributed by atoms with Crippen molar-refractivity contribution >= 4 is 21.6 Å². The molecule has 0 saturated carbocycles. The minimum absolute atomic E-state index is 0.0548. The minimum atomic E-state index is -4.15. The molecule has 0 unspecified atom stereocenters. The van der Waals surface area contributed by atoms with E-state index in [1.54, 1.807) is 0 Å². The molecule has 10 heteroatoms. The van der Waals surface area contributed by atoms with Crippen LogP contribution in [0, 0.1) is 0 Å². The van der Waals surface area contributed by atoms with Gasteiger partial charge in [-0.2, -0.15) is 8.42 Å². The van der Waals surface area contributed by atoms with E-state index in [4.69, 9.17) is 0 Å². The Bertz CT molecular complexity index is 839. The molecule has 9 nitrogen and oxygen atoms in total. The first kappa shape index (κ1) is 13.7. The molecule has 1 aromatic heterocycles. The van der Waals surface area contributed by atoms with Gasteiger partial charge in [0.25, 0.3) is 5.56 Å². The maximum absolute atomic E-state index is 11.8. The van der Waals surface area contributed by atoms with Crippen LogP contribution >= 0.6 is 0 Å². The van der Waals surface area contributed by atoms with Crippen LogP contribution < -0.4 is 20.7 Å². The Labute approximate surface area is 112 Å². The summed E-state index contributed by atoms with van der Waals surface area (Å²) in [5.41, 5.74) is -2.07. The Kier molecular flexibility index (Phi) is 3.48. The highest BCUT2D eigenvalue weighted by atomic mass is 32.2. The largest absolute Gasteiger partial charge is 0.506 e. The van der Waals surface area contributed by atoms with Crippen LogP contribution in [-0.2, 0) is 10.2 Å². The summed E-state index contributed by atoms with van der Waals surface area (Å²) in [4.78, 5) is 26.2. The maximum Gasteiger partial charge on any atom is 0.325 e. The highest BCUT2D eigenvalue weighted by molar-refractivity contribution is 7.94. The number of aromatic amines is 2. The summed E-state index contributed by atoms with van der Waals surface area (Å²) in [5, 5.41) is 9.46. The van der Waals surface area contributed by atoms with Crippen LogP contribution in [0.15, 0.2) is 40.1 Å². The Balaban J connectivity index is 2.26. The zero-order valence-electron chi connectivity index (χ0n) is 9.88. The van der Waals surface area contributed by atoms with Crippen molar-refractivity contribution in [2.24, 2.45) is 0 Å². The molecule has 0 fully saturated rings. The average molecular weight is 298 g/mol. The van der Waals surface area contributed by atoms with Gasteiger partial charge in [0.1, 0.15) is 11.4 Å². The van der Waals surface area contributed by atoms with Gasteiger partial charge in [0.05, 0.1) is 5.69 Å². The molecule has 0 spiro atoms. The molecule has 0 atom stereocenters. The summed E-state index contributed by atoms with van der Waals surface area (Å²) < 4.78 is 27.5. The number of phenolic OH excluding ortho intramolecular Hbond substituents is 1. The first-order chi connectivity index (χ1) is 9.37. The average Bonchev–Trinajstić information content (AvgIpc) is 2.35. The number of para-hydroxylation sites is 2. The van der Waals surface area contributed by atoms with Crippen molar-refractivity contribution in [3.8, 4) is 5.75 Å². The zero-order chi connectivity index (χ0) is 14.8. The molecule has 2 rings (SSSR count). The lowest BCUT2D eigenvalue weighted by atomic mass is 10.3. The second kappa shape index (κ2) is 5.09. The molecule has 0 aliphatic carbocycles. The molecular formula is C10H10N4O5S. The molecule has 0 amide bonds. The van der Waals surface area contributed by atoms with E-state index in [1.165, 1.54) is 24.3 Å². The third-order valence-electron chi connectivity index (χ3n) is 2.21. The Morgan fingerprint density at radius 2 is 1.70 bits per heavy atom. The number of rotatable bonds is 4. The van der Waals surface area contributed by atoms with Crippen molar-refractivity contribution < 1.29 is 13.5 Å². The van der Waals surface area contributed by atoms with Gasteiger partial charge in [0, 0.05) is 6.20 Å². The zero-order valence-corrected chi connectivity index (χ0v) is 10.7. The fourth-order valence-corrected chi connectivity index (χ4v) is 2.31. The van der Waals surface area contributed by atoms with Crippen molar-refractivity contribution in [1.82, 2.24) is 9.97 Å². The Morgan fingerprint density at radius 3 is 2.35 bits per heavy atom. The predicted molar refractivity (Wildman–Crippen MR) is 72.0 cm³/mol. The first-order valence-corrected chi connectivity index (χ1v) is 6.76. The van der Waals surface area contributed by atoms with Gasteiger partial charge in [-0.05, 0) is 12.1 Å². The van der Waals surface area contributed by atoms with E-state index in [0.717, 1.165) is 6.20 Å². The summed E-state index contributed by atoms with van der Waals surface area (Å²) in [6, 6.07) is 5.67. The number of aromatic nitrogens is 2. The first-order valence-electron chi connectivity index (χ1n) is 5.28. The number of benzene rings is 1. The van der Waals surface area contributed by atoms with Crippen molar-refractivity contribution in [3.05, 3.63) is 51.3 Å². The second-order valence-corrected chi connectivity index (χ2v) is 5.13. The number of aromatic hydroxyl groups is 1. The smallest absolute Gasteiger partial charge is 0.325 e. The van der Waals surface area contributed by atoms with Crippen molar-refractivity contribution in [2.45, 2.75) is 0 Å². The normalized spacial score (nSPS) is 11.0. The molecule has 20 heavy (non-hydrogen) atoms. The van der Waals surface area contributed by atoms with Crippen LogP contribution in [0.4, 0.5) is 11.4 Å². The van der Waals surface area contributed by atoms with Crippen LogP contribution in [0.1, 0.15) is 0 Å². The number of nitrogens with one attached hydrogen (secondary N) is 4. The molecule has 0 aliphatic heterocycles. The molecule has 1 aromatic carbocycles. The lowest BCUT2D eigenvalue weighted by Crippen LogP contribution is -2.29. The molecule has 0 aliphatic rings. The van der Waals surface area contributed by atoms with E-state index >= 15 is 0 Å².